The Bertz CT molecular complexity index is 383. The number of nitrogens with zero attached hydrogens (tertiary/aromatic N) is 2. The zero-order valence-corrected chi connectivity index (χ0v) is 11.0. The second-order valence-electron chi connectivity index (χ2n) is 3.86. The smallest absolute Gasteiger partial charge is 0.234 e. The first-order valence-electron chi connectivity index (χ1n) is 5.52. The molecular weight excluding hydrogens is 234 g/mol. The number of nitriles is 1. The summed E-state index contributed by atoms with van der Waals surface area (Å²) >= 11 is 1.69. The number of likely N-dealkylation sites (N-methyl/N-ethyl adjacent to an activating group) is 1. The molecule has 1 rings (SSSR count). The third-order valence-electron chi connectivity index (χ3n) is 2.57. The molecule has 1 heterocycles. The van der Waals surface area contributed by atoms with Crippen molar-refractivity contribution < 1.29 is 4.79 Å². The first-order valence-corrected chi connectivity index (χ1v) is 6.40. The van der Waals surface area contributed by atoms with E-state index in [-0.39, 0.29) is 11.9 Å². The van der Waals surface area contributed by atoms with Crippen LogP contribution in [0.15, 0.2) is 17.5 Å². The minimum absolute atomic E-state index is 0.0360. The van der Waals surface area contributed by atoms with Gasteiger partial charge in [0.2, 0.25) is 5.91 Å². The van der Waals surface area contributed by atoms with Crippen molar-refractivity contribution in [3.05, 3.63) is 22.4 Å². The van der Waals surface area contributed by atoms with E-state index in [1.807, 2.05) is 29.5 Å². The van der Waals surface area contributed by atoms with Gasteiger partial charge in [0.1, 0.15) is 0 Å². The van der Waals surface area contributed by atoms with E-state index in [1.54, 1.807) is 11.3 Å². The van der Waals surface area contributed by atoms with E-state index >= 15 is 0 Å². The summed E-state index contributed by atoms with van der Waals surface area (Å²) in [5.41, 5.74) is 0. The minimum Gasteiger partial charge on any atom is -0.354 e. The van der Waals surface area contributed by atoms with Crippen LogP contribution in [0.4, 0.5) is 0 Å². The molecule has 0 aliphatic rings. The Balaban J connectivity index is 2.36. The lowest BCUT2D eigenvalue weighted by Gasteiger charge is -2.22. The molecule has 0 saturated heterocycles. The van der Waals surface area contributed by atoms with E-state index in [0.29, 0.717) is 19.5 Å². The van der Waals surface area contributed by atoms with Gasteiger partial charge in [0, 0.05) is 17.5 Å². The lowest BCUT2D eigenvalue weighted by atomic mass is 10.2. The van der Waals surface area contributed by atoms with Gasteiger partial charge in [0.15, 0.2) is 0 Å². The van der Waals surface area contributed by atoms with Crippen LogP contribution in [-0.2, 0) is 4.79 Å². The molecule has 17 heavy (non-hydrogen) atoms. The van der Waals surface area contributed by atoms with Crippen LogP contribution in [-0.4, -0.2) is 30.9 Å². The molecule has 0 aliphatic heterocycles. The van der Waals surface area contributed by atoms with Crippen LogP contribution >= 0.6 is 11.3 Å². The van der Waals surface area contributed by atoms with Gasteiger partial charge in [-0.05, 0) is 25.4 Å². The summed E-state index contributed by atoms with van der Waals surface area (Å²) in [6.07, 6.45) is 0.357. The van der Waals surface area contributed by atoms with Crippen molar-refractivity contribution in [2.75, 3.05) is 20.1 Å². The van der Waals surface area contributed by atoms with Gasteiger partial charge < -0.3 is 5.32 Å². The first-order chi connectivity index (χ1) is 8.15. The Kier molecular flexibility index (Phi) is 5.67. The van der Waals surface area contributed by atoms with Crippen molar-refractivity contribution in [2.24, 2.45) is 0 Å². The Morgan fingerprint density at radius 3 is 3.06 bits per heavy atom. The number of hydrogen-bond donors (Lipinski definition) is 1. The molecular formula is C12H17N3OS. The summed E-state index contributed by atoms with van der Waals surface area (Å²) in [6, 6.07) is 6.31. The largest absolute Gasteiger partial charge is 0.354 e. The molecule has 92 valence electrons. The highest BCUT2D eigenvalue weighted by Crippen LogP contribution is 2.22. The van der Waals surface area contributed by atoms with E-state index in [1.165, 1.54) is 4.88 Å². The molecule has 4 nitrogen and oxygen atoms in total. The average Bonchev–Trinajstić information content (AvgIpc) is 2.81. The predicted octanol–water partition coefficient (Wildman–Crippen LogP) is 1.77. The molecule has 0 bridgehead atoms. The van der Waals surface area contributed by atoms with Crippen molar-refractivity contribution in [1.82, 2.24) is 10.2 Å². The number of thiophene rings is 1. The van der Waals surface area contributed by atoms with Crippen molar-refractivity contribution in [3.63, 3.8) is 0 Å². The maximum Gasteiger partial charge on any atom is 0.234 e. The molecule has 1 unspecified atom stereocenters. The lowest BCUT2D eigenvalue weighted by molar-refractivity contribution is -0.122. The molecule has 0 spiro atoms. The fraction of sp³-hybridized carbons (Fsp3) is 0.500. The Hall–Kier alpha value is -1.38. The van der Waals surface area contributed by atoms with Crippen LogP contribution in [0, 0.1) is 11.3 Å². The monoisotopic (exact) mass is 251 g/mol. The third kappa shape index (κ3) is 4.55. The molecule has 0 saturated carbocycles. The zero-order valence-electron chi connectivity index (χ0n) is 10.1. The predicted molar refractivity (Wildman–Crippen MR) is 68.6 cm³/mol. The zero-order chi connectivity index (χ0) is 12.7. The Morgan fingerprint density at radius 1 is 1.71 bits per heavy atom. The standard InChI is InChI=1S/C12H17N3OS/c1-10(11-5-3-8-17-11)15(2)9-12(16)14-7-4-6-13/h3,5,8,10H,4,7,9H2,1-2H3,(H,14,16). The SMILES string of the molecule is CC(c1cccs1)N(C)CC(=O)NCCC#N. The average molecular weight is 251 g/mol. The number of amides is 1. The lowest BCUT2D eigenvalue weighted by Crippen LogP contribution is -2.36. The minimum atomic E-state index is -0.0360. The van der Waals surface area contributed by atoms with Gasteiger partial charge in [-0.2, -0.15) is 5.26 Å². The van der Waals surface area contributed by atoms with Gasteiger partial charge in [0.25, 0.3) is 0 Å². The molecule has 5 heteroatoms. The number of rotatable bonds is 6. The van der Waals surface area contributed by atoms with Gasteiger partial charge in [-0.15, -0.1) is 11.3 Å². The molecule has 1 N–H and O–H groups in total. The molecule has 1 atom stereocenters. The van der Waals surface area contributed by atoms with Crippen molar-refractivity contribution >= 4 is 17.2 Å². The number of carbonyl (C=O) groups excluding carboxylic acids is 1. The van der Waals surface area contributed by atoms with Crippen LogP contribution in [0.25, 0.3) is 0 Å². The van der Waals surface area contributed by atoms with Gasteiger partial charge in [0.05, 0.1) is 19.0 Å². The van der Waals surface area contributed by atoms with Gasteiger partial charge in [-0.1, -0.05) is 6.07 Å². The fourth-order valence-corrected chi connectivity index (χ4v) is 2.27. The Morgan fingerprint density at radius 2 is 2.47 bits per heavy atom. The second kappa shape index (κ2) is 7.05. The molecule has 0 radical (unpaired) electrons. The van der Waals surface area contributed by atoms with E-state index in [4.69, 9.17) is 5.26 Å². The highest BCUT2D eigenvalue weighted by Gasteiger charge is 2.15. The molecule has 0 aliphatic carbocycles. The number of hydrogen-bond acceptors (Lipinski definition) is 4. The van der Waals surface area contributed by atoms with Crippen molar-refractivity contribution in [3.8, 4) is 6.07 Å². The summed E-state index contributed by atoms with van der Waals surface area (Å²) in [6.45, 7) is 2.86. The molecule has 0 aromatic carbocycles. The normalized spacial score (nSPS) is 12.1. The van der Waals surface area contributed by atoms with Crippen LogP contribution in [0.5, 0.6) is 0 Å². The summed E-state index contributed by atoms with van der Waals surface area (Å²) in [7, 11) is 1.92. The number of nitrogens with one attached hydrogen (secondary N) is 1. The second-order valence-corrected chi connectivity index (χ2v) is 4.84. The highest BCUT2D eigenvalue weighted by molar-refractivity contribution is 7.10. The van der Waals surface area contributed by atoms with Gasteiger partial charge in [-0.25, -0.2) is 0 Å². The topological polar surface area (TPSA) is 56.1 Å². The molecule has 0 fully saturated rings. The molecule has 1 aromatic rings. The summed E-state index contributed by atoms with van der Waals surface area (Å²) in [4.78, 5) is 14.8. The van der Waals surface area contributed by atoms with Crippen LogP contribution in [0.2, 0.25) is 0 Å². The first kappa shape index (κ1) is 13.7. The summed E-state index contributed by atoms with van der Waals surface area (Å²) in [5.74, 6) is -0.0360. The van der Waals surface area contributed by atoms with Gasteiger partial charge >= 0.3 is 0 Å². The van der Waals surface area contributed by atoms with Gasteiger partial charge in [-0.3, -0.25) is 9.69 Å². The number of carbonyl (C=O) groups is 1. The van der Waals surface area contributed by atoms with E-state index in [9.17, 15) is 4.79 Å². The van der Waals surface area contributed by atoms with Crippen molar-refractivity contribution in [1.29, 1.82) is 5.26 Å². The molecule has 1 aromatic heterocycles. The van der Waals surface area contributed by atoms with E-state index in [0.717, 1.165) is 0 Å². The van der Waals surface area contributed by atoms with E-state index in [2.05, 4.69) is 18.3 Å². The van der Waals surface area contributed by atoms with Crippen LogP contribution in [0.1, 0.15) is 24.3 Å². The van der Waals surface area contributed by atoms with E-state index < -0.39 is 0 Å². The maximum absolute atomic E-state index is 11.5. The maximum atomic E-state index is 11.5. The van der Waals surface area contributed by atoms with Crippen LogP contribution in [0.3, 0.4) is 0 Å². The highest BCUT2D eigenvalue weighted by atomic mass is 32.1. The summed E-state index contributed by atoms with van der Waals surface area (Å²) in [5, 5.41) is 13.1. The summed E-state index contributed by atoms with van der Waals surface area (Å²) < 4.78 is 0. The van der Waals surface area contributed by atoms with Crippen molar-refractivity contribution in [2.45, 2.75) is 19.4 Å². The van der Waals surface area contributed by atoms with Crippen LogP contribution < -0.4 is 5.32 Å². The quantitative estimate of drug-likeness (QED) is 0.784. The Labute approximate surface area is 106 Å². The fourth-order valence-electron chi connectivity index (χ4n) is 1.42. The molecule has 1 amide bonds. The third-order valence-corrected chi connectivity index (χ3v) is 3.61.